The topological polar surface area (TPSA) is 84.9 Å². The van der Waals surface area contributed by atoms with Crippen molar-refractivity contribution in [2.45, 2.75) is 13.8 Å². The largest absolute Gasteiger partial charge is 0.493 e. The van der Waals surface area contributed by atoms with Crippen LogP contribution >= 0.6 is 15.9 Å². The Labute approximate surface area is 176 Å². The van der Waals surface area contributed by atoms with Crippen molar-refractivity contribution in [2.24, 2.45) is 0 Å². The molecule has 0 spiro atoms. The molecule has 0 aliphatic carbocycles. The number of nitrogens with one attached hydrogen (secondary N) is 1. The van der Waals surface area contributed by atoms with E-state index >= 15 is 0 Å². The fourth-order valence-corrected chi connectivity index (χ4v) is 3.78. The zero-order valence-corrected chi connectivity index (χ0v) is 17.9. The van der Waals surface area contributed by atoms with Crippen molar-refractivity contribution in [2.75, 3.05) is 19.1 Å². The number of ether oxygens (including phenoxy) is 2. The first-order valence-corrected chi connectivity index (χ1v) is 9.45. The molecule has 2 aromatic rings. The monoisotopic (exact) mass is 458 g/mol. The van der Waals surface area contributed by atoms with Crippen LogP contribution in [0.5, 0.6) is 11.5 Å². The number of barbiturate groups is 1. The van der Waals surface area contributed by atoms with Crippen LogP contribution in [0.15, 0.2) is 40.4 Å². The van der Waals surface area contributed by atoms with Crippen LogP contribution < -0.4 is 19.7 Å². The Bertz CT molecular complexity index is 1040. The molecule has 7 nitrogen and oxygen atoms in total. The number of halogens is 1. The number of carbonyl (C=O) groups excluding carboxylic acids is 3. The maximum absolute atomic E-state index is 13.0. The first-order chi connectivity index (χ1) is 13.7. The summed E-state index contributed by atoms with van der Waals surface area (Å²) < 4.78 is 11.2. The lowest BCUT2D eigenvalue weighted by Crippen LogP contribution is -2.54. The van der Waals surface area contributed by atoms with Crippen molar-refractivity contribution in [1.82, 2.24) is 5.32 Å². The van der Waals surface area contributed by atoms with E-state index in [4.69, 9.17) is 9.47 Å². The fraction of sp³-hybridized carbons (Fsp3) is 0.190. The van der Waals surface area contributed by atoms with E-state index in [2.05, 4.69) is 21.2 Å². The van der Waals surface area contributed by atoms with E-state index in [9.17, 15) is 14.4 Å². The van der Waals surface area contributed by atoms with Crippen LogP contribution in [-0.2, 0) is 9.59 Å². The van der Waals surface area contributed by atoms with Crippen molar-refractivity contribution in [3.8, 4) is 11.5 Å². The number of carbonyl (C=O) groups is 3. The third kappa shape index (κ3) is 4.02. The van der Waals surface area contributed by atoms with Crippen molar-refractivity contribution < 1.29 is 23.9 Å². The molecule has 2 aromatic carbocycles. The van der Waals surface area contributed by atoms with Gasteiger partial charge in [0.2, 0.25) is 0 Å². The average molecular weight is 459 g/mol. The quantitative estimate of drug-likeness (QED) is 0.556. The highest BCUT2D eigenvalue weighted by atomic mass is 79.9. The number of urea groups is 1. The summed E-state index contributed by atoms with van der Waals surface area (Å²) in [7, 11) is 2.99. The minimum atomic E-state index is -0.782. The van der Waals surface area contributed by atoms with Gasteiger partial charge in [-0.2, -0.15) is 0 Å². The molecule has 4 amide bonds. The van der Waals surface area contributed by atoms with E-state index in [-0.39, 0.29) is 5.57 Å². The number of methoxy groups -OCH3 is 2. The molecule has 0 saturated carbocycles. The molecule has 0 bridgehead atoms. The number of benzene rings is 2. The summed E-state index contributed by atoms with van der Waals surface area (Å²) >= 11 is 3.38. The third-order valence-electron chi connectivity index (χ3n) is 4.33. The van der Waals surface area contributed by atoms with Gasteiger partial charge < -0.3 is 9.47 Å². The van der Waals surface area contributed by atoms with Crippen molar-refractivity contribution in [1.29, 1.82) is 0 Å². The number of imide groups is 2. The first-order valence-electron chi connectivity index (χ1n) is 8.66. The van der Waals surface area contributed by atoms with E-state index in [1.54, 1.807) is 24.3 Å². The van der Waals surface area contributed by atoms with E-state index in [1.165, 1.54) is 20.3 Å². The Morgan fingerprint density at radius 1 is 0.966 bits per heavy atom. The lowest BCUT2D eigenvalue weighted by Gasteiger charge is -2.27. The molecular weight excluding hydrogens is 440 g/mol. The van der Waals surface area contributed by atoms with Crippen molar-refractivity contribution >= 4 is 45.5 Å². The van der Waals surface area contributed by atoms with Crippen molar-refractivity contribution in [3.63, 3.8) is 0 Å². The van der Waals surface area contributed by atoms with Gasteiger partial charge in [-0.05, 0) is 76.8 Å². The molecular formula is C21H19BrN2O5. The maximum atomic E-state index is 13.0. The second kappa shape index (κ2) is 8.08. The number of anilines is 1. The van der Waals surface area contributed by atoms with Crippen LogP contribution in [-0.4, -0.2) is 32.1 Å². The van der Waals surface area contributed by atoms with Crippen LogP contribution in [0.2, 0.25) is 0 Å². The molecule has 0 unspecified atom stereocenters. The summed E-state index contributed by atoms with van der Waals surface area (Å²) in [4.78, 5) is 38.8. The van der Waals surface area contributed by atoms with Gasteiger partial charge in [0.15, 0.2) is 11.5 Å². The van der Waals surface area contributed by atoms with Crippen LogP contribution in [0.25, 0.3) is 6.08 Å². The lowest BCUT2D eigenvalue weighted by molar-refractivity contribution is -0.122. The van der Waals surface area contributed by atoms with Gasteiger partial charge in [-0.1, -0.05) is 6.07 Å². The number of hydrogen-bond donors (Lipinski definition) is 1. The van der Waals surface area contributed by atoms with Gasteiger partial charge in [-0.3, -0.25) is 14.9 Å². The smallest absolute Gasteiger partial charge is 0.335 e. The Morgan fingerprint density at radius 3 is 2.21 bits per heavy atom. The van der Waals surface area contributed by atoms with Gasteiger partial charge >= 0.3 is 6.03 Å². The molecule has 1 aliphatic rings. The molecule has 0 aromatic heterocycles. The van der Waals surface area contributed by atoms with Crippen LogP contribution in [0.3, 0.4) is 0 Å². The summed E-state index contributed by atoms with van der Waals surface area (Å²) in [5, 5.41) is 2.22. The Balaban J connectivity index is 2.07. The van der Waals surface area contributed by atoms with Crippen molar-refractivity contribution in [3.05, 3.63) is 57.1 Å². The second-order valence-electron chi connectivity index (χ2n) is 6.54. The predicted octanol–water partition coefficient (Wildman–Crippen LogP) is 3.75. The normalized spacial score (nSPS) is 15.6. The maximum Gasteiger partial charge on any atom is 0.335 e. The van der Waals surface area contributed by atoms with Gasteiger partial charge in [0.25, 0.3) is 11.8 Å². The summed E-state index contributed by atoms with van der Waals surface area (Å²) in [5.74, 6) is -0.540. The molecule has 0 atom stereocenters. The van der Waals surface area contributed by atoms with Gasteiger partial charge in [0.1, 0.15) is 5.57 Å². The summed E-state index contributed by atoms with van der Waals surface area (Å²) in [6, 6.07) is 7.89. The molecule has 3 rings (SSSR count). The molecule has 8 heteroatoms. The number of rotatable bonds is 4. The predicted molar refractivity (Wildman–Crippen MR) is 112 cm³/mol. The lowest BCUT2D eigenvalue weighted by atomic mass is 10.0. The van der Waals surface area contributed by atoms with Crippen LogP contribution in [0, 0.1) is 13.8 Å². The van der Waals surface area contributed by atoms with E-state index in [1.807, 2.05) is 19.9 Å². The molecule has 150 valence electrons. The van der Waals surface area contributed by atoms with Gasteiger partial charge in [-0.15, -0.1) is 0 Å². The Morgan fingerprint density at radius 2 is 1.62 bits per heavy atom. The summed E-state index contributed by atoms with van der Waals surface area (Å²) in [6.45, 7) is 3.73. The molecule has 1 saturated heterocycles. The van der Waals surface area contributed by atoms with Crippen LogP contribution in [0.4, 0.5) is 10.5 Å². The van der Waals surface area contributed by atoms with E-state index in [0.717, 1.165) is 16.0 Å². The molecule has 29 heavy (non-hydrogen) atoms. The highest BCUT2D eigenvalue weighted by molar-refractivity contribution is 9.10. The highest BCUT2D eigenvalue weighted by Gasteiger charge is 2.37. The molecule has 1 heterocycles. The zero-order valence-electron chi connectivity index (χ0n) is 16.3. The second-order valence-corrected chi connectivity index (χ2v) is 7.40. The number of hydrogen-bond acceptors (Lipinski definition) is 5. The average Bonchev–Trinajstić information content (AvgIpc) is 2.63. The summed E-state index contributed by atoms with van der Waals surface area (Å²) in [5.41, 5.74) is 2.56. The number of amides is 4. The minimum Gasteiger partial charge on any atom is -0.493 e. The zero-order chi connectivity index (χ0) is 21.3. The van der Waals surface area contributed by atoms with Gasteiger partial charge in [-0.25, -0.2) is 9.69 Å². The summed E-state index contributed by atoms with van der Waals surface area (Å²) in [6.07, 6.45) is 1.41. The number of aryl methyl sites for hydroxylation is 2. The number of nitrogens with zero attached hydrogens (tertiary/aromatic N) is 1. The Kier molecular flexibility index (Phi) is 5.74. The van der Waals surface area contributed by atoms with E-state index in [0.29, 0.717) is 27.2 Å². The van der Waals surface area contributed by atoms with Gasteiger partial charge in [0.05, 0.1) is 24.4 Å². The van der Waals surface area contributed by atoms with Crippen LogP contribution in [0.1, 0.15) is 16.7 Å². The molecule has 1 N–H and O–H groups in total. The highest BCUT2D eigenvalue weighted by Crippen LogP contribution is 2.37. The first kappa shape index (κ1) is 20.6. The minimum absolute atomic E-state index is 0.164. The molecule has 1 fully saturated rings. The fourth-order valence-electron chi connectivity index (χ4n) is 3.16. The molecule has 0 radical (unpaired) electrons. The standard InChI is InChI=1S/C21H19BrN2O5/c1-11-5-12(2)7-14(6-11)24-20(26)15(19(25)23-21(24)27)8-13-9-16(22)18(29-4)17(10-13)28-3/h5-10H,1-4H3,(H,23,25,27)/b15-8+. The SMILES string of the molecule is COc1cc(/C=C2\C(=O)NC(=O)N(c3cc(C)cc(C)c3)C2=O)cc(Br)c1OC. The third-order valence-corrected chi connectivity index (χ3v) is 4.92. The Hall–Kier alpha value is -3.13. The van der Waals surface area contributed by atoms with Gasteiger partial charge in [0, 0.05) is 0 Å². The van der Waals surface area contributed by atoms with E-state index < -0.39 is 17.8 Å². The molecule has 1 aliphatic heterocycles.